The predicted octanol–water partition coefficient (Wildman–Crippen LogP) is 2.36. The number of amides is 2. The predicted molar refractivity (Wildman–Crippen MR) is 88.7 cm³/mol. The summed E-state index contributed by atoms with van der Waals surface area (Å²) in [7, 11) is 1.52. The fraction of sp³-hybridized carbons (Fsp3) is 0.438. The summed E-state index contributed by atoms with van der Waals surface area (Å²) in [6.45, 7) is 7.38. The van der Waals surface area contributed by atoms with Crippen LogP contribution in [0.25, 0.3) is 0 Å². The summed E-state index contributed by atoms with van der Waals surface area (Å²) in [5.74, 6) is 0.646. The molecule has 0 saturated carbocycles. The topological polar surface area (TPSA) is 81.1 Å². The van der Waals surface area contributed by atoms with Gasteiger partial charge in [0.05, 0.1) is 12.8 Å². The molecule has 0 fully saturated rings. The molecule has 124 valence electrons. The van der Waals surface area contributed by atoms with Crippen molar-refractivity contribution < 1.29 is 9.53 Å². The van der Waals surface area contributed by atoms with Crippen molar-refractivity contribution in [3.8, 4) is 5.88 Å². The van der Waals surface area contributed by atoms with Gasteiger partial charge in [0.15, 0.2) is 0 Å². The van der Waals surface area contributed by atoms with Crippen LogP contribution in [0.3, 0.4) is 0 Å². The normalized spacial score (nSPS) is 11.8. The molecular formula is C16H23N5O2. The van der Waals surface area contributed by atoms with Crippen LogP contribution < -0.4 is 15.4 Å². The van der Waals surface area contributed by atoms with E-state index in [-0.39, 0.29) is 11.9 Å². The first-order valence-corrected chi connectivity index (χ1v) is 7.54. The number of nitrogens with zero attached hydrogens (tertiary/aromatic N) is 3. The highest BCUT2D eigenvalue weighted by atomic mass is 16.5. The van der Waals surface area contributed by atoms with Gasteiger partial charge in [-0.1, -0.05) is 6.92 Å². The molecule has 7 nitrogen and oxygen atoms in total. The largest absolute Gasteiger partial charge is 0.480 e. The highest BCUT2D eigenvalue weighted by molar-refractivity contribution is 5.90. The Morgan fingerprint density at radius 1 is 1.43 bits per heavy atom. The van der Waals surface area contributed by atoms with Crippen molar-refractivity contribution >= 4 is 11.7 Å². The van der Waals surface area contributed by atoms with Crippen LogP contribution in [0.5, 0.6) is 5.88 Å². The van der Waals surface area contributed by atoms with Crippen molar-refractivity contribution in [1.82, 2.24) is 20.1 Å². The van der Waals surface area contributed by atoms with E-state index in [0.29, 0.717) is 18.1 Å². The van der Waals surface area contributed by atoms with Gasteiger partial charge in [-0.2, -0.15) is 5.10 Å². The van der Waals surface area contributed by atoms with Crippen LogP contribution in [0, 0.1) is 19.8 Å². The van der Waals surface area contributed by atoms with E-state index in [9.17, 15) is 4.79 Å². The number of urea groups is 1. The van der Waals surface area contributed by atoms with Gasteiger partial charge < -0.3 is 15.4 Å². The Kier molecular flexibility index (Phi) is 5.56. The minimum atomic E-state index is -0.281. The second kappa shape index (κ2) is 7.62. The smallest absolute Gasteiger partial charge is 0.319 e. The van der Waals surface area contributed by atoms with Crippen LogP contribution >= 0.6 is 0 Å². The summed E-state index contributed by atoms with van der Waals surface area (Å²) in [4.78, 5) is 16.0. The number of carbonyl (C=O) groups is 1. The molecule has 7 heteroatoms. The summed E-state index contributed by atoms with van der Waals surface area (Å²) in [6, 6.07) is 5.24. The summed E-state index contributed by atoms with van der Waals surface area (Å²) in [5, 5.41) is 10.0. The molecule has 0 unspecified atom stereocenters. The van der Waals surface area contributed by atoms with Crippen molar-refractivity contribution in [2.45, 2.75) is 27.3 Å². The lowest BCUT2D eigenvalue weighted by Gasteiger charge is -2.15. The molecule has 0 aliphatic heterocycles. The molecule has 2 rings (SSSR count). The number of hydrogen-bond donors (Lipinski definition) is 2. The molecule has 2 N–H and O–H groups in total. The maximum absolute atomic E-state index is 12.0. The minimum absolute atomic E-state index is 0.259. The van der Waals surface area contributed by atoms with E-state index in [4.69, 9.17) is 4.74 Å². The first kappa shape index (κ1) is 16.8. The van der Waals surface area contributed by atoms with E-state index >= 15 is 0 Å². The van der Waals surface area contributed by atoms with E-state index in [0.717, 1.165) is 17.9 Å². The molecule has 2 amide bonds. The van der Waals surface area contributed by atoms with Gasteiger partial charge >= 0.3 is 6.03 Å². The first-order chi connectivity index (χ1) is 11.0. The van der Waals surface area contributed by atoms with Gasteiger partial charge in [0.1, 0.15) is 5.69 Å². The highest BCUT2D eigenvalue weighted by Gasteiger charge is 2.11. The van der Waals surface area contributed by atoms with Gasteiger partial charge in [-0.3, -0.25) is 4.68 Å². The minimum Gasteiger partial charge on any atom is -0.480 e. The van der Waals surface area contributed by atoms with Crippen LogP contribution in [0.1, 0.15) is 18.3 Å². The fourth-order valence-corrected chi connectivity index (χ4v) is 2.30. The van der Waals surface area contributed by atoms with Crippen molar-refractivity contribution in [1.29, 1.82) is 0 Å². The third-order valence-corrected chi connectivity index (χ3v) is 3.41. The molecule has 23 heavy (non-hydrogen) atoms. The molecule has 2 aromatic heterocycles. The van der Waals surface area contributed by atoms with E-state index in [2.05, 4.69) is 27.6 Å². The zero-order valence-corrected chi connectivity index (χ0v) is 14.0. The van der Waals surface area contributed by atoms with Crippen LogP contribution in [0.2, 0.25) is 0 Å². The second-order valence-electron chi connectivity index (χ2n) is 5.61. The third kappa shape index (κ3) is 4.70. The van der Waals surface area contributed by atoms with Gasteiger partial charge in [-0.15, -0.1) is 0 Å². The Labute approximate surface area is 136 Å². The number of ether oxygens (including phenoxy) is 1. The molecule has 0 radical (unpaired) electrons. The van der Waals surface area contributed by atoms with E-state index in [1.54, 1.807) is 18.3 Å². The molecule has 0 aliphatic carbocycles. The zero-order chi connectivity index (χ0) is 16.8. The number of carbonyl (C=O) groups excluding carboxylic acids is 1. The van der Waals surface area contributed by atoms with Crippen molar-refractivity contribution in [3.63, 3.8) is 0 Å². The Bertz CT molecular complexity index is 668. The van der Waals surface area contributed by atoms with Crippen LogP contribution in [0.4, 0.5) is 10.5 Å². The third-order valence-electron chi connectivity index (χ3n) is 3.41. The van der Waals surface area contributed by atoms with Crippen LogP contribution in [-0.2, 0) is 6.54 Å². The molecule has 0 spiro atoms. The summed E-state index contributed by atoms with van der Waals surface area (Å²) in [5.41, 5.74) is 2.67. The average Bonchev–Trinajstić information content (AvgIpc) is 2.83. The van der Waals surface area contributed by atoms with Gasteiger partial charge in [0.2, 0.25) is 5.88 Å². The van der Waals surface area contributed by atoms with Crippen LogP contribution in [0.15, 0.2) is 24.4 Å². The monoisotopic (exact) mass is 317 g/mol. The van der Waals surface area contributed by atoms with Crippen molar-refractivity contribution in [2.24, 2.45) is 5.92 Å². The molecule has 0 saturated heterocycles. The van der Waals surface area contributed by atoms with Crippen LogP contribution in [-0.4, -0.2) is 34.5 Å². The van der Waals surface area contributed by atoms with Gasteiger partial charge in [-0.05, 0) is 38.0 Å². The van der Waals surface area contributed by atoms with E-state index in [1.807, 2.05) is 24.6 Å². The summed E-state index contributed by atoms with van der Waals surface area (Å²) >= 11 is 0. The van der Waals surface area contributed by atoms with Gasteiger partial charge in [0.25, 0.3) is 0 Å². The average molecular weight is 317 g/mol. The Balaban J connectivity index is 1.83. The summed E-state index contributed by atoms with van der Waals surface area (Å²) < 4.78 is 7.06. The van der Waals surface area contributed by atoms with Crippen molar-refractivity contribution in [2.75, 3.05) is 19.0 Å². The van der Waals surface area contributed by atoms with Gasteiger partial charge in [0, 0.05) is 25.0 Å². The number of rotatable bonds is 6. The number of aryl methyl sites for hydroxylation is 2. The SMILES string of the molecule is COc1ncccc1NC(=O)NC[C@H](C)Cn1nc(C)cc1C. The Hall–Kier alpha value is -2.57. The number of pyridine rings is 1. The first-order valence-electron chi connectivity index (χ1n) is 7.54. The number of nitrogens with one attached hydrogen (secondary N) is 2. The maximum Gasteiger partial charge on any atom is 0.319 e. The molecule has 0 aromatic carbocycles. The number of methoxy groups -OCH3 is 1. The summed E-state index contributed by atoms with van der Waals surface area (Å²) in [6.07, 6.45) is 1.61. The van der Waals surface area contributed by atoms with Crippen molar-refractivity contribution in [3.05, 3.63) is 35.8 Å². The highest BCUT2D eigenvalue weighted by Crippen LogP contribution is 2.19. The number of aromatic nitrogens is 3. The van der Waals surface area contributed by atoms with Gasteiger partial charge in [-0.25, -0.2) is 9.78 Å². The molecule has 0 bridgehead atoms. The number of hydrogen-bond acceptors (Lipinski definition) is 4. The van der Waals surface area contributed by atoms with E-state index < -0.39 is 0 Å². The lowest BCUT2D eigenvalue weighted by atomic mass is 10.2. The lowest BCUT2D eigenvalue weighted by Crippen LogP contribution is -2.33. The fourth-order valence-electron chi connectivity index (χ4n) is 2.30. The zero-order valence-electron chi connectivity index (χ0n) is 14.0. The number of anilines is 1. The molecule has 0 aliphatic rings. The Morgan fingerprint density at radius 2 is 2.22 bits per heavy atom. The standard InChI is InChI=1S/C16H23N5O2/c1-11(10-21-13(3)8-12(2)20-21)9-18-16(22)19-14-6-5-7-17-15(14)23-4/h5-8,11H,9-10H2,1-4H3,(H2,18,19,22)/t11-/m0/s1. The lowest BCUT2D eigenvalue weighted by molar-refractivity contribution is 0.249. The molecule has 2 aromatic rings. The molecule has 1 atom stereocenters. The molecule has 2 heterocycles. The van der Waals surface area contributed by atoms with E-state index in [1.165, 1.54) is 7.11 Å². The Morgan fingerprint density at radius 3 is 2.87 bits per heavy atom. The quantitative estimate of drug-likeness (QED) is 0.857. The second-order valence-corrected chi connectivity index (χ2v) is 5.61. The molecular weight excluding hydrogens is 294 g/mol. The maximum atomic E-state index is 12.0.